The van der Waals surface area contributed by atoms with Crippen LogP contribution in [0.15, 0.2) is 27.8 Å². The second kappa shape index (κ2) is 8.72. The average Bonchev–Trinajstić information content (AvgIpc) is 3.15. The van der Waals surface area contributed by atoms with Gasteiger partial charge in [-0.05, 0) is 12.1 Å². The van der Waals surface area contributed by atoms with Gasteiger partial charge >= 0.3 is 6.03 Å². The maximum absolute atomic E-state index is 12.5. The summed E-state index contributed by atoms with van der Waals surface area (Å²) in [7, 11) is 0. The maximum Gasteiger partial charge on any atom is 0.331 e. The molecule has 2 aliphatic heterocycles. The minimum Gasteiger partial charge on any atom is -0.467 e. The number of hydrogen-bond acceptors (Lipinski definition) is 6. The summed E-state index contributed by atoms with van der Waals surface area (Å²) >= 11 is 0. The molecule has 1 atom stereocenters. The van der Waals surface area contributed by atoms with Gasteiger partial charge in [-0.1, -0.05) is 0 Å². The standard InChI is InChI=1S/C17H22N4O5/c22-15-14(11-18-4-2-5-20-6-9-25-10-7-20)16(23)21(17(24)19-15)12-13-3-1-8-26-13/h1,3,8,11,14H,2,4-7,9-10,12H2,(H,19,22,24)/p+1/t14-/m1/s1. The van der Waals surface area contributed by atoms with E-state index in [1.54, 1.807) is 12.1 Å². The molecule has 0 saturated carbocycles. The molecule has 9 nitrogen and oxygen atoms in total. The third-order valence-electron chi connectivity index (χ3n) is 4.46. The monoisotopic (exact) mass is 363 g/mol. The number of ether oxygens (including phenoxy) is 1. The third-order valence-corrected chi connectivity index (χ3v) is 4.46. The predicted octanol–water partition coefficient (Wildman–Crippen LogP) is -1.15. The van der Waals surface area contributed by atoms with Crippen molar-refractivity contribution in [1.29, 1.82) is 0 Å². The fraction of sp³-hybridized carbons (Fsp3) is 0.529. The number of carbonyl (C=O) groups is 3. The number of amides is 4. The Kier molecular flexibility index (Phi) is 6.13. The lowest BCUT2D eigenvalue weighted by Gasteiger charge is -2.27. The van der Waals surface area contributed by atoms with Crippen LogP contribution < -0.4 is 10.2 Å². The van der Waals surface area contributed by atoms with Crippen LogP contribution in [0.2, 0.25) is 0 Å². The van der Waals surface area contributed by atoms with Crippen molar-refractivity contribution in [1.82, 2.24) is 10.2 Å². The van der Waals surface area contributed by atoms with Crippen LogP contribution in [0, 0.1) is 5.92 Å². The van der Waals surface area contributed by atoms with Gasteiger partial charge < -0.3 is 14.1 Å². The van der Waals surface area contributed by atoms with E-state index < -0.39 is 23.8 Å². The molecule has 2 aliphatic rings. The van der Waals surface area contributed by atoms with E-state index in [0.717, 1.165) is 44.2 Å². The molecule has 2 saturated heterocycles. The molecule has 1 aromatic rings. The van der Waals surface area contributed by atoms with Gasteiger partial charge in [0.1, 0.15) is 18.8 Å². The van der Waals surface area contributed by atoms with Gasteiger partial charge in [0, 0.05) is 19.2 Å². The molecule has 0 bridgehead atoms. The molecular weight excluding hydrogens is 340 g/mol. The first-order valence-electron chi connectivity index (χ1n) is 8.75. The van der Waals surface area contributed by atoms with Crippen LogP contribution in [-0.4, -0.2) is 68.4 Å². The number of morpholine rings is 1. The highest BCUT2D eigenvalue weighted by molar-refractivity contribution is 6.23. The van der Waals surface area contributed by atoms with E-state index >= 15 is 0 Å². The van der Waals surface area contributed by atoms with E-state index in [4.69, 9.17) is 9.15 Å². The Balaban J connectivity index is 1.51. The Bertz CT molecular complexity index is 667. The van der Waals surface area contributed by atoms with Crippen molar-refractivity contribution in [2.75, 3.05) is 39.4 Å². The molecule has 0 radical (unpaired) electrons. The van der Waals surface area contributed by atoms with Gasteiger partial charge in [-0.25, -0.2) is 4.79 Å². The van der Waals surface area contributed by atoms with Crippen LogP contribution in [0.3, 0.4) is 0 Å². The summed E-state index contributed by atoms with van der Waals surface area (Å²) < 4.78 is 10.5. The van der Waals surface area contributed by atoms with E-state index in [-0.39, 0.29) is 6.54 Å². The molecule has 0 aromatic carbocycles. The zero-order chi connectivity index (χ0) is 18.4. The number of aliphatic imine (C=N–C) groups is 1. The van der Waals surface area contributed by atoms with Crippen LogP contribution in [0.5, 0.6) is 0 Å². The molecule has 3 rings (SSSR count). The summed E-state index contributed by atoms with van der Waals surface area (Å²) in [5, 5.41) is 2.19. The van der Waals surface area contributed by atoms with Crippen LogP contribution in [0.1, 0.15) is 12.2 Å². The first-order chi connectivity index (χ1) is 12.6. The molecule has 1 aromatic heterocycles. The number of hydrogen-bond donors (Lipinski definition) is 2. The lowest BCUT2D eigenvalue weighted by atomic mass is 10.1. The van der Waals surface area contributed by atoms with Gasteiger partial charge in [0.2, 0.25) is 11.8 Å². The van der Waals surface area contributed by atoms with Gasteiger partial charge in [-0.15, -0.1) is 0 Å². The summed E-state index contributed by atoms with van der Waals surface area (Å²) in [6.45, 7) is 5.07. The van der Waals surface area contributed by atoms with Crippen molar-refractivity contribution in [3.05, 3.63) is 24.2 Å². The van der Waals surface area contributed by atoms with Crippen molar-refractivity contribution in [2.45, 2.75) is 13.0 Å². The Morgan fingerprint density at radius 1 is 1.31 bits per heavy atom. The number of imide groups is 2. The molecule has 0 unspecified atom stereocenters. The Hall–Kier alpha value is -2.52. The number of barbiturate groups is 1. The molecule has 0 spiro atoms. The van der Waals surface area contributed by atoms with E-state index in [9.17, 15) is 14.4 Å². The van der Waals surface area contributed by atoms with E-state index in [2.05, 4.69) is 10.3 Å². The fourth-order valence-electron chi connectivity index (χ4n) is 2.98. The van der Waals surface area contributed by atoms with Gasteiger partial charge in [-0.2, -0.15) is 0 Å². The van der Waals surface area contributed by atoms with E-state index in [1.165, 1.54) is 17.4 Å². The zero-order valence-electron chi connectivity index (χ0n) is 14.5. The maximum atomic E-state index is 12.5. The van der Waals surface area contributed by atoms with Crippen molar-refractivity contribution in [3.63, 3.8) is 0 Å². The highest BCUT2D eigenvalue weighted by atomic mass is 16.5. The summed E-state index contributed by atoms with van der Waals surface area (Å²) in [6, 6.07) is 2.59. The second-order valence-corrected chi connectivity index (χ2v) is 6.30. The van der Waals surface area contributed by atoms with Crippen LogP contribution in [0.4, 0.5) is 4.79 Å². The normalized spacial score (nSPS) is 22.2. The van der Waals surface area contributed by atoms with Crippen molar-refractivity contribution < 1.29 is 28.4 Å². The van der Waals surface area contributed by atoms with E-state index in [1.807, 2.05) is 0 Å². The number of urea groups is 1. The molecule has 3 heterocycles. The quantitative estimate of drug-likeness (QED) is 0.362. The molecule has 0 aliphatic carbocycles. The first-order valence-corrected chi connectivity index (χ1v) is 8.75. The molecule has 2 fully saturated rings. The van der Waals surface area contributed by atoms with E-state index in [0.29, 0.717) is 12.3 Å². The van der Waals surface area contributed by atoms with Crippen LogP contribution in [-0.2, 0) is 20.9 Å². The SMILES string of the molecule is O=C1NC(=O)N(Cc2ccco2)C(=O)[C@@H]1C=NCCC[NH+]1CCOCC1. The summed E-state index contributed by atoms with van der Waals surface area (Å²) in [4.78, 5) is 43.0. The molecule has 2 N–H and O–H groups in total. The Morgan fingerprint density at radius 3 is 2.85 bits per heavy atom. The second-order valence-electron chi connectivity index (χ2n) is 6.30. The Morgan fingerprint density at radius 2 is 2.12 bits per heavy atom. The summed E-state index contributed by atoms with van der Waals surface area (Å²) in [5.74, 6) is -1.85. The molecule has 4 amide bonds. The fourth-order valence-corrected chi connectivity index (χ4v) is 2.98. The number of carbonyl (C=O) groups excluding carboxylic acids is 3. The lowest BCUT2D eigenvalue weighted by molar-refractivity contribution is -0.908. The van der Waals surface area contributed by atoms with Crippen molar-refractivity contribution >= 4 is 24.1 Å². The van der Waals surface area contributed by atoms with Crippen molar-refractivity contribution in [3.8, 4) is 0 Å². The van der Waals surface area contributed by atoms with Gasteiger partial charge in [0.15, 0.2) is 5.92 Å². The summed E-state index contributed by atoms with van der Waals surface area (Å²) in [5.41, 5.74) is 0. The van der Waals surface area contributed by atoms with Gasteiger partial charge in [0.05, 0.1) is 32.6 Å². The van der Waals surface area contributed by atoms with Crippen LogP contribution >= 0.6 is 0 Å². The molecule has 140 valence electrons. The van der Waals surface area contributed by atoms with Crippen LogP contribution in [0.25, 0.3) is 0 Å². The van der Waals surface area contributed by atoms with Gasteiger partial charge in [0.25, 0.3) is 0 Å². The smallest absolute Gasteiger partial charge is 0.331 e. The highest BCUT2D eigenvalue weighted by Crippen LogP contribution is 2.13. The zero-order valence-corrected chi connectivity index (χ0v) is 14.5. The molecule has 26 heavy (non-hydrogen) atoms. The van der Waals surface area contributed by atoms with Crippen molar-refractivity contribution in [2.24, 2.45) is 10.9 Å². The largest absolute Gasteiger partial charge is 0.467 e. The number of nitrogens with zero attached hydrogens (tertiary/aromatic N) is 2. The summed E-state index contributed by atoms with van der Waals surface area (Å²) in [6.07, 6.45) is 3.67. The number of nitrogens with one attached hydrogen (secondary N) is 2. The average molecular weight is 363 g/mol. The highest BCUT2D eigenvalue weighted by Gasteiger charge is 2.39. The minimum absolute atomic E-state index is 0.0182. The third kappa shape index (κ3) is 4.55. The lowest BCUT2D eigenvalue weighted by Crippen LogP contribution is -3.14. The Labute approximate surface area is 151 Å². The minimum atomic E-state index is -1.08. The first kappa shape index (κ1) is 18.3. The number of rotatable bonds is 7. The van der Waals surface area contributed by atoms with Gasteiger partial charge in [-0.3, -0.25) is 24.8 Å². The topological polar surface area (TPSA) is 106 Å². The number of furan rings is 1. The molecule has 9 heteroatoms. The number of quaternary nitrogens is 1. The molecular formula is C17H23N4O5+. The predicted molar refractivity (Wildman–Crippen MR) is 90.6 cm³/mol.